The van der Waals surface area contributed by atoms with E-state index in [4.69, 9.17) is 4.74 Å². The molecular weight excluding hydrogens is 532 g/mol. The van der Waals surface area contributed by atoms with Gasteiger partial charge in [0.2, 0.25) is 0 Å². The van der Waals surface area contributed by atoms with Crippen molar-refractivity contribution < 1.29 is 17.9 Å². The standard InChI is InChI=1S/C33H36N2O4S.CH4/c1-3-5-15-27-21-13-22-28(16-6-4-2)31(27)34-40(37,38)35-33(36)39-32-29(25-17-9-7-10-18-25)23-14-24-30(32)26-19-11-8-12-20-26;/h7-14,17-24,34H,3-6,15-16H2,1-2H3,(H,35,36);1H4. The number of amides is 1. The van der Waals surface area contributed by atoms with Gasteiger partial charge in [-0.25, -0.2) is 9.52 Å². The molecule has 0 aliphatic heterocycles. The maximum absolute atomic E-state index is 13.2. The highest BCUT2D eigenvalue weighted by Gasteiger charge is 2.22. The second-order valence-electron chi connectivity index (χ2n) is 9.67. The highest BCUT2D eigenvalue weighted by Crippen LogP contribution is 2.39. The van der Waals surface area contributed by atoms with Gasteiger partial charge in [-0.3, -0.25) is 4.72 Å². The summed E-state index contributed by atoms with van der Waals surface area (Å²) in [5.41, 5.74) is 5.40. The number of anilines is 1. The molecule has 0 aliphatic rings. The van der Waals surface area contributed by atoms with E-state index in [9.17, 15) is 13.2 Å². The molecule has 0 saturated carbocycles. The van der Waals surface area contributed by atoms with Crippen LogP contribution in [-0.2, 0) is 23.1 Å². The van der Waals surface area contributed by atoms with Gasteiger partial charge in [-0.15, -0.1) is 0 Å². The van der Waals surface area contributed by atoms with Crippen molar-refractivity contribution in [1.82, 2.24) is 4.72 Å². The zero-order chi connectivity index (χ0) is 28.4. The smallest absolute Gasteiger partial charge is 0.408 e. The first-order chi connectivity index (χ1) is 19.4. The summed E-state index contributed by atoms with van der Waals surface area (Å²) in [6, 6.07) is 30.5. The van der Waals surface area contributed by atoms with E-state index in [2.05, 4.69) is 23.3 Å². The first-order valence-corrected chi connectivity index (χ1v) is 15.3. The average molecular weight is 573 g/mol. The summed E-state index contributed by atoms with van der Waals surface area (Å²) in [5.74, 6) is 0.277. The number of unbranched alkanes of at least 4 members (excludes halogenated alkanes) is 2. The molecule has 216 valence electrons. The van der Waals surface area contributed by atoms with Crippen LogP contribution in [0.1, 0.15) is 58.1 Å². The van der Waals surface area contributed by atoms with Crippen LogP contribution < -0.4 is 14.2 Å². The minimum Gasteiger partial charge on any atom is -0.408 e. The van der Waals surface area contributed by atoms with Crippen molar-refractivity contribution in [2.45, 2.75) is 59.8 Å². The van der Waals surface area contributed by atoms with Gasteiger partial charge in [0.25, 0.3) is 0 Å². The lowest BCUT2D eigenvalue weighted by atomic mass is 9.97. The molecule has 0 atom stereocenters. The van der Waals surface area contributed by atoms with E-state index in [0.29, 0.717) is 16.8 Å². The Bertz CT molecular complexity index is 1440. The quantitative estimate of drug-likeness (QED) is 0.178. The minimum atomic E-state index is -4.28. The molecule has 0 unspecified atom stereocenters. The zero-order valence-electron chi connectivity index (χ0n) is 23.0. The van der Waals surface area contributed by atoms with Crippen LogP contribution in [0, 0.1) is 0 Å². The van der Waals surface area contributed by atoms with Crippen molar-refractivity contribution in [3.8, 4) is 28.0 Å². The molecule has 0 saturated heterocycles. The van der Waals surface area contributed by atoms with Crippen molar-refractivity contribution in [3.05, 3.63) is 108 Å². The molecule has 4 rings (SSSR count). The van der Waals surface area contributed by atoms with Crippen molar-refractivity contribution in [2.24, 2.45) is 0 Å². The Hall–Kier alpha value is -4.10. The SMILES string of the molecule is C.CCCCc1cccc(CCCC)c1NS(=O)(=O)NC(=O)Oc1c(-c2ccccc2)cccc1-c1ccccc1. The second kappa shape index (κ2) is 15.1. The van der Waals surface area contributed by atoms with Gasteiger partial charge in [-0.1, -0.05) is 131 Å². The van der Waals surface area contributed by atoms with Crippen molar-refractivity contribution in [2.75, 3.05) is 4.72 Å². The Balaban J connectivity index is 0.00000462. The first-order valence-electron chi connectivity index (χ1n) is 13.8. The minimum absolute atomic E-state index is 0. The molecule has 0 radical (unpaired) electrons. The van der Waals surface area contributed by atoms with Gasteiger partial charge in [-0.05, 0) is 47.9 Å². The number of carbonyl (C=O) groups excluding carboxylic acids is 1. The third-order valence-electron chi connectivity index (χ3n) is 6.67. The molecule has 4 aromatic carbocycles. The van der Waals surface area contributed by atoms with Gasteiger partial charge in [0.05, 0.1) is 5.69 Å². The number of nitrogens with one attached hydrogen (secondary N) is 2. The van der Waals surface area contributed by atoms with Crippen LogP contribution >= 0.6 is 0 Å². The number of ether oxygens (including phenoxy) is 1. The van der Waals surface area contributed by atoms with E-state index in [0.717, 1.165) is 60.8 Å². The monoisotopic (exact) mass is 572 g/mol. The number of rotatable bonds is 12. The van der Waals surface area contributed by atoms with Crippen LogP contribution in [0.2, 0.25) is 0 Å². The Morgan fingerprint density at radius 2 is 1.15 bits per heavy atom. The van der Waals surface area contributed by atoms with Gasteiger partial charge in [0.1, 0.15) is 5.75 Å². The number of carbonyl (C=O) groups is 1. The maximum atomic E-state index is 13.2. The summed E-state index contributed by atoms with van der Waals surface area (Å²) < 4.78 is 37.0. The lowest BCUT2D eigenvalue weighted by Crippen LogP contribution is -2.37. The molecule has 0 bridgehead atoms. The average Bonchev–Trinajstić information content (AvgIpc) is 2.96. The molecule has 0 spiro atoms. The summed E-state index contributed by atoms with van der Waals surface area (Å²) in [6.45, 7) is 4.19. The largest absolute Gasteiger partial charge is 0.427 e. The van der Waals surface area contributed by atoms with Crippen LogP contribution in [-0.4, -0.2) is 14.5 Å². The van der Waals surface area contributed by atoms with Gasteiger partial charge >= 0.3 is 16.3 Å². The summed E-state index contributed by atoms with van der Waals surface area (Å²) in [5, 5.41) is 0. The highest BCUT2D eigenvalue weighted by molar-refractivity contribution is 7.91. The first kappa shape index (κ1) is 31.4. The summed E-state index contributed by atoms with van der Waals surface area (Å²) in [4.78, 5) is 13.1. The fourth-order valence-electron chi connectivity index (χ4n) is 4.66. The van der Waals surface area contributed by atoms with Crippen LogP contribution in [0.15, 0.2) is 97.1 Å². The number of aryl methyl sites for hydroxylation is 2. The lowest BCUT2D eigenvalue weighted by Gasteiger charge is -2.18. The van der Waals surface area contributed by atoms with Crippen molar-refractivity contribution in [3.63, 3.8) is 0 Å². The van der Waals surface area contributed by atoms with E-state index in [1.165, 1.54) is 0 Å². The topological polar surface area (TPSA) is 84.5 Å². The molecule has 6 nitrogen and oxygen atoms in total. The van der Waals surface area contributed by atoms with Crippen LogP contribution in [0.4, 0.5) is 10.5 Å². The number of hydrogen-bond donors (Lipinski definition) is 2. The Kier molecular flexibility index (Phi) is 11.5. The number of hydrogen-bond acceptors (Lipinski definition) is 4. The van der Waals surface area contributed by atoms with Crippen molar-refractivity contribution in [1.29, 1.82) is 0 Å². The normalized spacial score (nSPS) is 10.9. The van der Waals surface area contributed by atoms with Crippen molar-refractivity contribution >= 4 is 22.0 Å². The fraction of sp³-hybridized carbons (Fsp3) is 0.265. The zero-order valence-corrected chi connectivity index (χ0v) is 23.8. The molecule has 0 heterocycles. The van der Waals surface area contributed by atoms with Gasteiger partial charge < -0.3 is 4.74 Å². The predicted molar refractivity (Wildman–Crippen MR) is 169 cm³/mol. The summed E-state index contributed by atoms with van der Waals surface area (Å²) >= 11 is 0. The van der Waals surface area contributed by atoms with E-state index in [1.807, 2.05) is 97.1 Å². The molecule has 1 amide bonds. The summed E-state index contributed by atoms with van der Waals surface area (Å²) in [7, 11) is -4.28. The van der Waals surface area contributed by atoms with Crippen LogP contribution in [0.5, 0.6) is 5.75 Å². The van der Waals surface area contributed by atoms with E-state index < -0.39 is 16.3 Å². The number of para-hydroxylation sites is 2. The third-order valence-corrected chi connectivity index (χ3v) is 7.58. The maximum Gasteiger partial charge on any atom is 0.427 e. The molecule has 0 aromatic heterocycles. The van der Waals surface area contributed by atoms with E-state index >= 15 is 0 Å². The number of benzene rings is 4. The Labute approximate surface area is 245 Å². The third kappa shape index (κ3) is 8.44. The molecule has 7 heteroatoms. The van der Waals surface area contributed by atoms with Gasteiger partial charge in [0.15, 0.2) is 0 Å². The molecular formula is C34H40N2O4S. The fourth-order valence-corrected chi connectivity index (χ4v) is 5.50. The Morgan fingerprint density at radius 1 is 0.683 bits per heavy atom. The molecule has 2 N–H and O–H groups in total. The van der Waals surface area contributed by atoms with Gasteiger partial charge in [-0.2, -0.15) is 8.42 Å². The van der Waals surface area contributed by atoms with Crippen LogP contribution in [0.3, 0.4) is 0 Å². The molecule has 0 fully saturated rings. The van der Waals surface area contributed by atoms with E-state index in [-0.39, 0.29) is 13.2 Å². The van der Waals surface area contributed by atoms with E-state index in [1.54, 1.807) is 0 Å². The lowest BCUT2D eigenvalue weighted by molar-refractivity contribution is 0.207. The van der Waals surface area contributed by atoms with Gasteiger partial charge in [0, 0.05) is 11.1 Å². The molecule has 0 aliphatic carbocycles. The molecule has 4 aromatic rings. The second-order valence-corrected chi connectivity index (χ2v) is 11.1. The summed E-state index contributed by atoms with van der Waals surface area (Å²) in [6.07, 6.45) is 4.23. The van der Waals surface area contributed by atoms with Crippen LogP contribution in [0.25, 0.3) is 22.3 Å². The predicted octanol–water partition coefficient (Wildman–Crippen LogP) is 8.79. The highest BCUT2D eigenvalue weighted by atomic mass is 32.2. The Morgan fingerprint density at radius 3 is 1.61 bits per heavy atom. The molecule has 41 heavy (non-hydrogen) atoms.